The maximum absolute atomic E-state index is 12.8. The molecule has 1 aliphatic rings. The molecule has 0 aliphatic heterocycles. The minimum Gasteiger partial charge on any atom is -0.497 e. The van der Waals surface area contributed by atoms with Crippen molar-refractivity contribution in [3.63, 3.8) is 0 Å². The fourth-order valence-electron chi connectivity index (χ4n) is 4.96. The number of hydrogen-bond acceptors (Lipinski definition) is 6. The Kier molecular flexibility index (Phi) is 8.30. The predicted octanol–water partition coefficient (Wildman–Crippen LogP) is 5.90. The number of rotatable bonds is 10. The number of alkyl carbamates (subject to hydrolysis) is 1. The Morgan fingerprint density at radius 2 is 1.32 bits per heavy atom. The second-order valence-electron chi connectivity index (χ2n) is 9.53. The van der Waals surface area contributed by atoms with Crippen LogP contribution in [0.25, 0.3) is 11.1 Å². The van der Waals surface area contributed by atoms with Crippen molar-refractivity contribution in [2.24, 2.45) is 0 Å². The molecule has 5 rings (SSSR count). The summed E-state index contributed by atoms with van der Waals surface area (Å²) in [5.41, 5.74) is 6.40. The zero-order valence-electron chi connectivity index (χ0n) is 22.5. The number of ether oxygens (including phenoxy) is 4. The summed E-state index contributed by atoms with van der Waals surface area (Å²) in [6.07, 6.45) is -0.424. The first-order chi connectivity index (χ1) is 19.6. The van der Waals surface area contributed by atoms with E-state index in [0.29, 0.717) is 12.4 Å². The van der Waals surface area contributed by atoms with E-state index >= 15 is 0 Å². The molecule has 0 radical (unpaired) electrons. The molecule has 0 fully saturated rings. The SMILES string of the molecule is COC(=O)[C@H](Cc1ccc(OCc2ccc(OC)cc2)cc1)NC(=O)OCC1c2ccccc2-c2ccccc21. The molecule has 0 aromatic heterocycles. The minimum atomic E-state index is -0.897. The van der Waals surface area contributed by atoms with Crippen molar-refractivity contribution in [1.82, 2.24) is 5.32 Å². The standard InChI is InChI=1S/C33H31NO6/c1-37-24-15-13-23(14-16-24)20-39-25-17-11-22(12-18-25)19-31(32(35)38-2)34-33(36)40-21-30-28-9-5-3-7-26(28)27-8-4-6-10-29(27)30/h3-18,30-31H,19-21H2,1-2H3,(H,34,36)/t31-/m0/s1. The molecule has 4 aromatic rings. The number of carbonyl (C=O) groups excluding carboxylic acids is 2. The molecule has 40 heavy (non-hydrogen) atoms. The molecule has 1 N–H and O–H groups in total. The molecule has 0 bridgehead atoms. The van der Waals surface area contributed by atoms with Crippen LogP contribution in [-0.2, 0) is 27.3 Å². The van der Waals surface area contributed by atoms with E-state index in [1.165, 1.54) is 7.11 Å². The van der Waals surface area contributed by atoms with Crippen LogP contribution in [0.3, 0.4) is 0 Å². The second kappa shape index (κ2) is 12.4. The lowest BCUT2D eigenvalue weighted by molar-refractivity contribution is -0.143. The van der Waals surface area contributed by atoms with Crippen molar-refractivity contribution in [3.8, 4) is 22.6 Å². The van der Waals surface area contributed by atoms with Gasteiger partial charge in [-0.15, -0.1) is 0 Å². The van der Waals surface area contributed by atoms with Gasteiger partial charge in [-0.1, -0.05) is 72.8 Å². The summed E-state index contributed by atoms with van der Waals surface area (Å²) in [4.78, 5) is 25.3. The summed E-state index contributed by atoms with van der Waals surface area (Å²) in [6, 6.07) is 30.4. The molecule has 0 saturated carbocycles. The van der Waals surface area contributed by atoms with Gasteiger partial charge in [0.25, 0.3) is 0 Å². The molecule has 204 valence electrons. The topological polar surface area (TPSA) is 83.1 Å². The van der Waals surface area contributed by atoms with Crippen molar-refractivity contribution in [3.05, 3.63) is 119 Å². The molecule has 7 nitrogen and oxygen atoms in total. The average Bonchev–Trinajstić information content (AvgIpc) is 3.32. The van der Waals surface area contributed by atoms with Crippen molar-refractivity contribution >= 4 is 12.1 Å². The van der Waals surface area contributed by atoms with E-state index in [1.54, 1.807) is 7.11 Å². The van der Waals surface area contributed by atoms with Gasteiger partial charge in [-0.05, 0) is 57.6 Å². The van der Waals surface area contributed by atoms with Crippen LogP contribution in [0, 0.1) is 0 Å². The molecule has 0 heterocycles. The van der Waals surface area contributed by atoms with Crippen LogP contribution in [-0.4, -0.2) is 38.9 Å². The van der Waals surface area contributed by atoms with Gasteiger partial charge in [0.2, 0.25) is 0 Å². The number of nitrogens with one attached hydrogen (secondary N) is 1. The van der Waals surface area contributed by atoms with Gasteiger partial charge in [0.05, 0.1) is 14.2 Å². The number of hydrogen-bond donors (Lipinski definition) is 1. The molecule has 1 atom stereocenters. The molecular weight excluding hydrogens is 506 g/mol. The molecule has 7 heteroatoms. The van der Waals surface area contributed by atoms with Crippen LogP contribution in [0.1, 0.15) is 28.2 Å². The van der Waals surface area contributed by atoms with Crippen LogP contribution in [0.4, 0.5) is 4.79 Å². The number of esters is 1. The number of methoxy groups -OCH3 is 2. The van der Waals surface area contributed by atoms with Gasteiger partial charge in [0.15, 0.2) is 0 Å². The largest absolute Gasteiger partial charge is 0.497 e. The van der Waals surface area contributed by atoms with Crippen LogP contribution in [0.15, 0.2) is 97.1 Å². The Labute approximate surface area is 233 Å². The van der Waals surface area contributed by atoms with Crippen LogP contribution in [0.2, 0.25) is 0 Å². The van der Waals surface area contributed by atoms with Gasteiger partial charge in [-0.25, -0.2) is 9.59 Å². The van der Waals surface area contributed by atoms with Crippen molar-refractivity contribution in [2.45, 2.75) is 25.0 Å². The van der Waals surface area contributed by atoms with Gasteiger partial charge in [-0.2, -0.15) is 0 Å². The highest BCUT2D eigenvalue weighted by Gasteiger charge is 2.30. The molecule has 0 saturated heterocycles. The Morgan fingerprint density at radius 1 is 0.750 bits per heavy atom. The lowest BCUT2D eigenvalue weighted by Crippen LogP contribution is -2.43. The van der Waals surface area contributed by atoms with E-state index in [2.05, 4.69) is 29.6 Å². The summed E-state index contributed by atoms with van der Waals surface area (Å²) < 4.78 is 21.6. The van der Waals surface area contributed by atoms with Crippen LogP contribution >= 0.6 is 0 Å². The summed E-state index contributed by atoms with van der Waals surface area (Å²) in [5.74, 6) is 0.868. The van der Waals surface area contributed by atoms with Gasteiger partial charge < -0.3 is 24.3 Å². The van der Waals surface area contributed by atoms with Gasteiger partial charge in [0, 0.05) is 12.3 Å². The number of amides is 1. The third-order valence-electron chi connectivity index (χ3n) is 7.05. The Hall–Kier alpha value is -4.78. The third kappa shape index (κ3) is 6.10. The smallest absolute Gasteiger partial charge is 0.407 e. The Bertz CT molecular complexity index is 1420. The van der Waals surface area contributed by atoms with E-state index in [9.17, 15) is 9.59 Å². The maximum Gasteiger partial charge on any atom is 0.407 e. The molecule has 4 aromatic carbocycles. The average molecular weight is 538 g/mol. The fraction of sp³-hybridized carbons (Fsp3) is 0.212. The third-order valence-corrected chi connectivity index (χ3v) is 7.05. The van der Waals surface area contributed by atoms with Crippen LogP contribution < -0.4 is 14.8 Å². The van der Waals surface area contributed by atoms with Crippen molar-refractivity contribution in [1.29, 1.82) is 0 Å². The fourth-order valence-corrected chi connectivity index (χ4v) is 4.96. The zero-order valence-corrected chi connectivity index (χ0v) is 22.5. The van der Waals surface area contributed by atoms with Gasteiger partial charge in [-0.3, -0.25) is 0 Å². The highest BCUT2D eigenvalue weighted by atomic mass is 16.6. The monoisotopic (exact) mass is 537 g/mol. The van der Waals surface area contributed by atoms with E-state index in [0.717, 1.165) is 39.1 Å². The molecule has 0 unspecified atom stereocenters. The molecule has 0 spiro atoms. The molecule has 1 aliphatic carbocycles. The first-order valence-corrected chi connectivity index (χ1v) is 13.1. The van der Waals surface area contributed by atoms with E-state index in [-0.39, 0.29) is 18.9 Å². The van der Waals surface area contributed by atoms with E-state index in [1.807, 2.05) is 72.8 Å². The van der Waals surface area contributed by atoms with Gasteiger partial charge >= 0.3 is 12.1 Å². The molecule has 1 amide bonds. The number of fused-ring (bicyclic) bond motifs is 3. The number of benzene rings is 4. The van der Waals surface area contributed by atoms with Crippen LogP contribution in [0.5, 0.6) is 11.5 Å². The quantitative estimate of drug-likeness (QED) is 0.254. The highest BCUT2D eigenvalue weighted by molar-refractivity contribution is 5.82. The van der Waals surface area contributed by atoms with E-state index < -0.39 is 18.1 Å². The molecular formula is C33H31NO6. The second-order valence-corrected chi connectivity index (χ2v) is 9.53. The normalized spacial score (nSPS) is 12.6. The summed E-state index contributed by atoms with van der Waals surface area (Å²) in [6.45, 7) is 0.575. The lowest BCUT2D eigenvalue weighted by Gasteiger charge is -2.19. The Morgan fingerprint density at radius 3 is 1.93 bits per heavy atom. The summed E-state index contributed by atoms with van der Waals surface area (Å²) in [7, 11) is 2.93. The minimum absolute atomic E-state index is 0.0693. The highest BCUT2D eigenvalue weighted by Crippen LogP contribution is 2.44. The summed E-state index contributed by atoms with van der Waals surface area (Å²) >= 11 is 0. The van der Waals surface area contributed by atoms with E-state index in [4.69, 9.17) is 18.9 Å². The predicted molar refractivity (Wildman–Crippen MR) is 151 cm³/mol. The first kappa shape index (κ1) is 26.8. The zero-order chi connectivity index (χ0) is 27.9. The van der Waals surface area contributed by atoms with Gasteiger partial charge in [0.1, 0.15) is 30.8 Å². The van der Waals surface area contributed by atoms with Crippen molar-refractivity contribution in [2.75, 3.05) is 20.8 Å². The Balaban J connectivity index is 1.17. The lowest BCUT2D eigenvalue weighted by atomic mass is 9.98. The first-order valence-electron chi connectivity index (χ1n) is 13.1. The summed E-state index contributed by atoms with van der Waals surface area (Å²) in [5, 5.41) is 2.68. The number of carbonyl (C=O) groups is 2. The van der Waals surface area contributed by atoms with Crippen molar-refractivity contribution < 1.29 is 28.5 Å². The maximum atomic E-state index is 12.8.